The lowest BCUT2D eigenvalue weighted by molar-refractivity contribution is -0.132. The van der Waals surface area contributed by atoms with Crippen molar-refractivity contribution in [3.8, 4) is 6.07 Å². The normalized spacial score (nSPS) is 21.2. The van der Waals surface area contributed by atoms with Crippen molar-refractivity contribution in [3.05, 3.63) is 64.2 Å². The van der Waals surface area contributed by atoms with Crippen molar-refractivity contribution in [2.45, 2.75) is 154 Å². The number of hydrogen-bond acceptors (Lipinski definition) is 7. The zero-order valence-electron chi connectivity index (χ0n) is 35.0. The summed E-state index contributed by atoms with van der Waals surface area (Å²) in [6.45, 7) is 36.9. The molecular formula is C41H70ClN3O4Si3. The van der Waals surface area contributed by atoms with Gasteiger partial charge in [0.1, 0.15) is 0 Å². The van der Waals surface area contributed by atoms with Gasteiger partial charge < -0.3 is 23.7 Å². The molecule has 2 aromatic carbocycles. The van der Waals surface area contributed by atoms with E-state index in [-0.39, 0.29) is 27.3 Å². The number of rotatable bonds is 14. The monoisotopic (exact) mass is 787 g/mol. The lowest BCUT2D eigenvalue weighted by Gasteiger charge is -2.54. The van der Waals surface area contributed by atoms with Crippen LogP contribution in [0.15, 0.2) is 42.5 Å². The predicted octanol–water partition coefficient (Wildman–Crippen LogP) is 10.3. The number of nitriles is 1. The third-order valence-corrected chi connectivity index (χ3v) is 26.0. The Labute approximate surface area is 325 Å². The Balaban J connectivity index is 1.87. The molecule has 0 radical (unpaired) electrons. The number of aliphatic hydroxyl groups is 1. The minimum atomic E-state index is -2.27. The minimum absolute atomic E-state index is 0.00240. The predicted molar refractivity (Wildman–Crippen MR) is 227 cm³/mol. The van der Waals surface area contributed by atoms with Crippen LogP contribution in [0.4, 0.5) is 5.69 Å². The quantitative estimate of drug-likeness (QED) is 0.184. The number of nitrogens with one attached hydrogen (secondary N) is 1. The summed E-state index contributed by atoms with van der Waals surface area (Å²) in [6, 6.07) is 16.3. The smallest absolute Gasteiger partial charge is 0.192 e. The number of halogens is 1. The number of benzene rings is 2. The summed E-state index contributed by atoms with van der Waals surface area (Å²) in [5, 5.41) is 25.3. The summed E-state index contributed by atoms with van der Waals surface area (Å²) in [4.78, 5) is 2.43. The van der Waals surface area contributed by atoms with Crippen LogP contribution < -0.4 is 5.32 Å². The van der Waals surface area contributed by atoms with E-state index in [2.05, 4.69) is 142 Å². The lowest BCUT2D eigenvalue weighted by Crippen LogP contribution is -2.69. The van der Waals surface area contributed by atoms with Gasteiger partial charge in [-0.05, 0) is 96.6 Å². The van der Waals surface area contributed by atoms with Crippen molar-refractivity contribution in [1.29, 1.82) is 5.26 Å². The van der Waals surface area contributed by atoms with E-state index in [1.165, 1.54) is 11.1 Å². The molecular weight excluding hydrogens is 718 g/mol. The number of piperidine rings is 1. The van der Waals surface area contributed by atoms with Crippen molar-refractivity contribution in [3.63, 3.8) is 0 Å². The van der Waals surface area contributed by atoms with Crippen LogP contribution in [0.2, 0.25) is 59.4 Å². The topological polar surface area (TPSA) is 87.0 Å². The SMILES string of the molecule is CC(C)(C)[Si](C)(C)OC[C@@H]1C(O[Si](C)(C)C(C)(C)C)C(O[Si](C)(C)C(C)(C)C)[C@@H](O)CN1CCc1ccc(CCNc2cc(Cl)cc(C#N)c2)cc1. The minimum Gasteiger partial charge on any atom is -0.415 e. The highest BCUT2D eigenvalue weighted by Gasteiger charge is 2.53. The molecule has 1 heterocycles. The van der Waals surface area contributed by atoms with Gasteiger partial charge in [-0.15, -0.1) is 0 Å². The Kier molecular flexibility index (Phi) is 14.7. The van der Waals surface area contributed by atoms with Crippen LogP contribution in [0.3, 0.4) is 0 Å². The van der Waals surface area contributed by atoms with Crippen molar-refractivity contribution in [1.82, 2.24) is 4.90 Å². The Morgan fingerprint density at radius 2 is 1.29 bits per heavy atom. The Bertz CT molecular complexity index is 1510. The summed E-state index contributed by atoms with van der Waals surface area (Å²) in [6.07, 6.45) is 0.281. The van der Waals surface area contributed by atoms with Crippen LogP contribution in [-0.2, 0) is 26.1 Å². The molecule has 0 amide bonds. The molecule has 2 N–H and O–H groups in total. The molecule has 1 saturated heterocycles. The first-order valence-electron chi connectivity index (χ1n) is 19.1. The number of likely N-dealkylation sites (tertiary alicyclic amines) is 1. The molecule has 0 aromatic heterocycles. The zero-order valence-corrected chi connectivity index (χ0v) is 38.8. The van der Waals surface area contributed by atoms with Gasteiger partial charge in [0.25, 0.3) is 0 Å². The van der Waals surface area contributed by atoms with Crippen LogP contribution in [-0.4, -0.2) is 85.6 Å². The standard InChI is InChI=1S/C41H70ClN3O4Si3/c1-39(2,3)50(10,11)47-29-35-37(48-51(12,13)40(4,5)6)38(49-52(14,15)41(7,8)9)36(46)28-45(35)23-21-31-18-16-30(17-19-31)20-22-44-34-25-32(27-43)24-33(42)26-34/h16-19,24-26,35-38,44,46H,20-23,28-29H2,1-15H3/t35-,36+,37?,38?/m1/s1. The fourth-order valence-electron chi connectivity index (χ4n) is 5.67. The fourth-order valence-corrected chi connectivity index (χ4v) is 9.58. The Hall–Kier alpha value is -1.53. The molecule has 1 aliphatic heterocycles. The average molecular weight is 789 g/mol. The molecule has 4 atom stereocenters. The number of nitrogens with zero attached hydrogens (tertiary/aromatic N) is 2. The molecule has 7 nitrogen and oxygen atoms in total. The third kappa shape index (κ3) is 11.7. The van der Waals surface area contributed by atoms with E-state index >= 15 is 0 Å². The van der Waals surface area contributed by atoms with Crippen LogP contribution in [0.1, 0.15) is 79.0 Å². The zero-order chi connectivity index (χ0) is 39.5. The van der Waals surface area contributed by atoms with E-state index in [1.807, 2.05) is 12.1 Å². The van der Waals surface area contributed by atoms with Gasteiger partial charge in [-0.2, -0.15) is 5.26 Å². The maximum atomic E-state index is 12.0. The van der Waals surface area contributed by atoms with Gasteiger partial charge in [-0.3, -0.25) is 4.90 Å². The van der Waals surface area contributed by atoms with Crippen LogP contribution >= 0.6 is 11.6 Å². The molecule has 52 heavy (non-hydrogen) atoms. The van der Waals surface area contributed by atoms with E-state index in [0.29, 0.717) is 23.7 Å². The maximum absolute atomic E-state index is 12.0. The van der Waals surface area contributed by atoms with Crippen LogP contribution in [0.25, 0.3) is 0 Å². The molecule has 3 rings (SSSR count). The largest absolute Gasteiger partial charge is 0.415 e. The van der Waals surface area contributed by atoms with Gasteiger partial charge in [0, 0.05) is 30.3 Å². The van der Waals surface area contributed by atoms with Crippen molar-refractivity contribution in [2.24, 2.45) is 0 Å². The molecule has 0 bridgehead atoms. The van der Waals surface area contributed by atoms with Crippen molar-refractivity contribution < 1.29 is 18.4 Å². The highest BCUT2D eigenvalue weighted by atomic mass is 35.5. The first-order chi connectivity index (χ1) is 23.7. The molecule has 2 unspecified atom stereocenters. The van der Waals surface area contributed by atoms with Crippen molar-refractivity contribution in [2.75, 3.05) is 31.6 Å². The van der Waals surface area contributed by atoms with Gasteiger partial charge in [0.15, 0.2) is 25.0 Å². The molecule has 1 aliphatic rings. The van der Waals surface area contributed by atoms with E-state index in [0.717, 1.165) is 31.6 Å². The lowest BCUT2D eigenvalue weighted by atomic mass is 9.93. The van der Waals surface area contributed by atoms with Gasteiger partial charge in [-0.1, -0.05) is 98.2 Å². The number of hydrogen-bond donors (Lipinski definition) is 2. The highest BCUT2D eigenvalue weighted by molar-refractivity contribution is 6.75. The first kappa shape index (κ1) is 44.9. The second-order valence-corrected chi connectivity index (χ2v) is 34.2. The number of aliphatic hydroxyl groups excluding tert-OH is 1. The summed E-state index contributed by atoms with van der Waals surface area (Å²) >= 11 is 6.18. The average Bonchev–Trinajstić information content (AvgIpc) is 3.00. The molecule has 292 valence electrons. The van der Waals surface area contributed by atoms with Gasteiger partial charge in [0.05, 0.1) is 42.6 Å². The molecule has 0 spiro atoms. The second kappa shape index (κ2) is 17.1. The van der Waals surface area contributed by atoms with Gasteiger partial charge >= 0.3 is 0 Å². The second-order valence-electron chi connectivity index (χ2n) is 19.5. The summed E-state index contributed by atoms with van der Waals surface area (Å²) < 4.78 is 21.5. The third-order valence-electron chi connectivity index (χ3n) is 12.3. The number of β-amino-alcohol motifs (C(OH)–C–C–N with tert-alkyl or cyclic N) is 1. The van der Waals surface area contributed by atoms with Crippen LogP contribution in [0.5, 0.6) is 0 Å². The van der Waals surface area contributed by atoms with E-state index in [9.17, 15) is 10.4 Å². The summed E-state index contributed by atoms with van der Waals surface area (Å²) in [5.41, 5.74) is 3.89. The summed E-state index contributed by atoms with van der Waals surface area (Å²) in [7, 11) is -6.61. The molecule has 0 aliphatic carbocycles. The van der Waals surface area contributed by atoms with Crippen LogP contribution in [0, 0.1) is 11.3 Å². The Morgan fingerprint density at radius 1 is 0.788 bits per heavy atom. The Morgan fingerprint density at radius 3 is 1.79 bits per heavy atom. The van der Waals surface area contributed by atoms with Gasteiger partial charge in [-0.25, -0.2) is 0 Å². The number of anilines is 1. The molecule has 2 aromatic rings. The molecule has 0 saturated carbocycles. The van der Waals surface area contributed by atoms with E-state index < -0.39 is 37.2 Å². The first-order valence-corrected chi connectivity index (χ1v) is 28.2. The fraction of sp³-hybridized carbons (Fsp3) is 0.683. The summed E-state index contributed by atoms with van der Waals surface area (Å²) in [5.74, 6) is 0. The molecule has 1 fully saturated rings. The molecule has 11 heteroatoms. The van der Waals surface area contributed by atoms with E-state index in [4.69, 9.17) is 24.9 Å². The van der Waals surface area contributed by atoms with Gasteiger partial charge in [0.2, 0.25) is 0 Å². The maximum Gasteiger partial charge on any atom is 0.192 e. The highest BCUT2D eigenvalue weighted by Crippen LogP contribution is 2.44. The van der Waals surface area contributed by atoms with Crippen molar-refractivity contribution >= 4 is 42.2 Å². The van der Waals surface area contributed by atoms with E-state index in [1.54, 1.807) is 6.07 Å².